The van der Waals surface area contributed by atoms with E-state index in [1.165, 1.54) is 27.5 Å². The molecule has 0 radical (unpaired) electrons. The first kappa shape index (κ1) is 14.7. The SMILES string of the molecule is CCc1cc(-c2cccc3nc4ccccc4cc23)cc(C)c1N. The van der Waals surface area contributed by atoms with Crippen LogP contribution in [0.3, 0.4) is 0 Å². The molecule has 0 fully saturated rings. The van der Waals surface area contributed by atoms with Gasteiger partial charge in [-0.2, -0.15) is 0 Å². The highest BCUT2D eigenvalue weighted by Gasteiger charge is 2.10. The number of para-hydroxylation sites is 1. The number of nitrogens with zero attached hydrogens (tertiary/aromatic N) is 1. The van der Waals surface area contributed by atoms with Crippen molar-refractivity contribution < 1.29 is 0 Å². The fraction of sp³-hybridized carbons (Fsp3) is 0.136. The molecule has 0 aliphatic rings. The van der Waals surface area contributed by atoms with Crippen LogP contribution in [0.4, 0.5) is 5.69 Å². The molecule has 2 heteroatoms. The number of nitrogens with two attached hydrogens (primary N) is 1. The molecule has 0 unspecified atom stereocenters. The molecule has 2 nitrogen and oxygen atoms in total. The first-order valence-corrected chi connectivity index (χ1v) is 8.35. The van der Waals surface area contributed by atoms with Gasteiger partial charge in [-0.3, -0.25) is 0 Å². The molecule has 0 amide bonds. The van der Waals surface area contributed by atoms with E-state index in [1.807, 2.05) is 6.07 Å². The summed E-state index contributed by atoms with van der Waals surface area (Å²) >= 11 is 0. The van der Waals surface area contributed by atoms with Crippen LogP contribution in [0.5, 0.6) is 0 Å². The molecule has 0 aliphatic heterocycles. The minimum absolute atomic E-state index is 0.907. The van der Waals surface area contributed by atoms with Crippen LogP contribution in [0.25, 0.3) is 32.9 Å². The first-order valence-electron chi connectivity index (χ1n) is 8.35. The Labute approximate surface area is 142 Å². The van der Waals surface area contributed by atoms with Gasteiger partial charge >= 0.3 is 0 Å². The Bertz CT molecular complexity index is 1060. The fourth-order valence-corrected chi connectivity index (χ4v) is 3.37. The summed E-state index contributed by atoms with van der Waals surface area (Å²) in [5.41, 5.74) is 13.9. The van der Waals surface area contributed by atoms with Gasteiger partial charge in [0.15, 0.2) is 0 Å². The summed E-state index contributed by atoms with van der Waals surface area (Å²) < 4.78 is 0. The summed E-state index contributed by atoms with van der Waals surface area (Å²) in [6.45, 7) is 4.23. The highest BCUT2D eigenvalue weighted by atomic mass is 14.7. The van der Waals surface area contributed by atoms with Gasteiger partial charge in [0.2, 0.25) is 0 Å². The maximum atomic E-state index is 6.21. The van der Waals surface area contributed by atoms with E-state index in [2.05, 4.69) is 68.4 Å². The number of fused-ring (bicyclic) bond motifs is 2. The molecule has 0 spiro atoms. The maximum absolute atomic E-state index is 6.21. The van der Waals surface area contributed by atoms with E-state index in [0.717, 1.165) is 28.7 Å². The normalized spacial score (nSPS) is 11.2. The lowest BCUT2D eigenvalue weighted by Crippen LogP contribution is -1.97. The van der Waals surface area contributed by atoms with Crippen LogP contribution in [0.15, 0.2) is 60.7 Å². The lowest BCUT2D eigenvalue weighted by atomic mass is 9.94. The number of hydrogen-bond acceptors (Lipinski definition) is 2. The van der Waals surface area contributed by atoms with Gasteiger partial charge in [0, 0.05) is 16.5 Å². The Hall–Kier alpha value is -2.87. The largest absolute Gasteiger partial charge is 0.398 e. The monoisotopic (exact) mass is 312 g/mol. The van der Waals surface area contributed by atoms with Crippen molar-refractivity contribution in [2.75, 3.05) is 5.73 Å². The molecular formula is C22H20N2. The topological polar surface area (TPSA) is 38.9 Å². The molecule has 1 aromatic heterocycles. The Balaban J connectivity index is 2.03. The molecule has 0 saturated heterocycles. The number of pyridine rings is 1. The molecule has 1 heterocycles. The van der Waals surface area contributed by atoms with Crippen molar-refractivity contribution in [1.82, 2.24) is 4.98 Å². The van der Waals surface area contributed by atoms with Crippen LogP contribution in [-0.2, 0) is 6.42 Å². The third kappa shape index (κ3) is 2.31. The number of hydrogen-bond donors (Lipinski definition) is 1. The van der Waals surface area contributed by atoms with Crippen LogP contribution < -0.4 is 5.73 Å². The minimum atomic E-state index is 0.907. The average molecular weight is 312 g/mol. The van der Waals surface area contributed by atoms with Crippen molar-refractivity contribution in [3.8, 4) is 11.1 Å². The lowest BCUT2D eigenvalue weighted by Gasteiger charge is -2.13. The number of aryl methyl sites for hydroxylation is 2. The van der Waals surface area contributed by atoms with Crippen LogP contribution in [0.1, 0.15) is 18.1 Å². The van der Waals surface area contributed by atoms with Crippen molar-refractivity contribution in [2.24, 2.45) is 0 Å². The lowest BCUT2D eigenvalue weighted by molar-refractivity contribution is 1.14. The second kappa shape index (κ2) is 5.64. The summed E-state index contributed by atoms with van der Waals surface area (Å²) in [6.07, 6.45) is 0.937. The standard InChI is InChI=1S/C22H20N2/c1-3-15-12-17(11-14(2)22(15)23)18-8-6-10-21-19(18)13-16-7-4-5-9-20(16)24-21/h4-13H,3,23H2,1-2H3. The van der Waals surface area contributed by atoms with Gasteiger partial charge < -0.3 is 5.73 Å². The van der Waals surface area contributed by atoms with Crippen molar-refractivity contribution in [2.45, 2.75) is 20.3 Å². The molecule has 0 bridgehead atoms. The van der Waals surface area contributed by atoms with E-state index in [1.54, 1.807) is 0 Å². The fourth-order valence-electron chi connectivity index (χ4n) is 3.37. The Morgan fingerprint density at radius 3 is 2.54 bits per heavy atom. The third-order valence-electron chi connectivity index (χ3n) is 4.73. The van der Waals surface area contributed by atoms with E-state index in [0.29, 0.717) is 0 Å². The smallest absolute Gasteiger partial charge is 0.0715 e. The molecule has 118 valence electrons. The molecule has 0 saturated carbocycles. The number of anilines is 1. The van der Waals surface area contributed by atoms with Crippen LogP contribution >= 0.6 is 0 Å². The highest BCUT2D eigenvalue weighted by Crippen LogP contribution is 2.33. The summed E-state index contributed by atoms with van der Waals surface area (Å²) in [5, 5.41) is 2.35. The number of rotatable bonds is 2. The van der Waals surface area contributed by atoms with Gasteiger partial charge in [-0.25, -0.2) is 4.98 Å². The maximum Gasteiger partial charge on any atom is 0.0715 e. The van der Waals surface area contributed by atoms with Crippen molar-refractivity contribution in [1.29, 1.82) is 0 Å². The van der Waals surface area contributed by atoms with Gasteiger partial charge in [0.05, 0.1) is 11.0 Å². The zero-order valence-electron chi connectivity index (χ0n) is 14.0. The summed E-state index contributed by atoms with van der Waals surface area (Å²) in [4.78, 5) is 4.82. The number of nitrogen functional groups attached to an aromatic ring is 1. The summed E-state index contributed by atoms with van der Waals surface area (Å²) in [6, 6.07) is 21.2. The second-order valence-corrected chi connectivity index (χ2v) is 6.27. The van der Waals surface area contributed by atoms with Gasteiger partial charge in [-0.05, 0) is 65.9 Å². The third-order valence-corrected chi connectivity index (χ3v) is 4.73. The quantitative estimate of drug-likeness (QED) is 0.391. The number of benzene rings is 3. The molecule has 4 aromatic rings. The Morgan fingerprint density at radius 1 is 0.917 bits per heavy atom. The molecule has 2 N–H and O–H groups in total. The van der Waals surface area contributed by atoms with Crippen molar-refractivity contribution in [3.05, 3.63) is 71.8 Å². The molecule has 24 heavy (non-hydrogen) atoms. The van der Waals surface area contributed by atoms with Gasteiger partial charge in [0.25, 0.3) is 0 Å². The van der Waals surface area contributed by atoms with E-state index in [-0.39, 0.29) is 0 Å². The van der Waals surface area contributed by atoms with E-state index >= 15 is 0 Å². The first-order chi connectivity index (χ1) is 11.7. The van der Waals surface area contributed by atoms with Crippen molar-refractivity contribution in [3.63, 3.8) is 0 Å². The molecular weight excluding hydrogens is 292 g/mol. The second-order valence-electron chi connectivity index (χ2n) is 6.27. The zero-order valence-corrected chi connectivity index (χ0v) is 14.0. The summed E-state index contributed by atoms with van der Waals surface area (Å²) in [5.74, 6) is 0. The average Bonchev–Trinajstić information content (AvgIpc) is 2.61. The zero-order chi connectivity index (χ0) is 16.7. The van der Waals surface area contributed by atoms with E-state index in [9.17, 15) is 0 Å². The Kier molecular flexibility index (Phi) is 3.46. The van der Waals surface area contributed by atoms with E-state index in [4.69, 9.17) is 10.7 Å². The molecule has 4 rings (SSSR count). The molecule has 3 aromatic carbocycles. The van der Waals surface area contributed by atoms with Crippen LogP contribution in [0.2, 0.25) is 0 Å². The van der Waals surface area contributed by atoms with Crippen molar-refractivity contribution >= 4 is 27.5 Å². The van der Waals surface area contributed by atoms with E-state index < -0.39 is 0 Å². The highest BCUT2D eigenvalue weighted by molar-refractivity contribution is 6.01. The van der Waals surface area contributed by atoms with Gasteiger partial charge in [0.1, 0.15) is 0 Å². The number of aromatic nitrogens is 1. The predicted molar refractivity (Wildman–Crippen MR) is 103 cm³/mol. The van der Waals surface area contributed by atoms with Gasteiger partial charge in [-0.1, -0.05) is 37.3 Å². The summed E-state index contributed by atoms with van der Waals surface area (Å²) in [7, 11) is 0. The Morgan fingerprint density at radius 2 is 1.71 bits per heavy atom. The van der Waals surface area contributed by atoms with Crippen LogP contribution in [0, 0.1) is 6.92 Å². The van der Waals surface area contributed by atoms with Gasteiger partial charge in [-0.15, -0.1) is 0 Å². The molecule has 0 aliphatic carbocycles. The van der Waals surface area contributed by atoms with Crippen LogP contribution in [-0.4, -0.2) is 4.98 Å². The minimum Gasteiger partial charge on any atom is -0.398 e. The predicted octanol–water partition coefficient (Wildman–Crippen LogP) is 5.51. The molecule has 0 atom stereocenters.